The van der Waals surface area contributed by atoms with Crippen LogP contribution in [0.2, 0.25) is 0 Å². The second-order valence-electron chi connectivity index (χ2n) is 7.29. The van der Waals surface area contributed by atoms with Crippen LogP contribution in [0.5, 0.6) is 0 Å². The summed E-state index contributed by atoms with van der Waals surface area (Å²) in [5.41, 5.74) is 4.37. The van der Waals surface area contributed by atoms with E-state index in [0.717, 1.165) is 33.2 Å². The van der Waals surface area contributed by atoms with Gasteiger partial charge in [-0.15, -0.1) is 0 Å². The first-order valence-corrected chi connectivity index (χ1v) is 10.4. The molecule has 0 N–H and O–H groups in total. The molecule has 144 valence electrons. The Labute approximate surface area is 165 Å². The summed E-state index contributed by atoms with van der Waals surface area (Å²) in [6, 6.07) is 8.36. The lowest BCUT2D eigenvalue weighted by atomic mass is 10.0. The highest BCUT2D eigenvalue weighted by Gasteiger charge is 2.21. The van der Waals surface area contributed by atoms with Gasteiger partial charge in [0.1, 0.15) is 0 Å². The number of nitrogens with zero attached hydrogens (tertiary/aromatic N) is 4. The average Bonchev–Trinajstić information content (AvgIpc) is 3.17. The zero-order chi connectivity index (χ0) is 19.6. The Morgan fingerprint density at radius 3 is 2.70 bits per heavy atom. The lowest BCUT2D eigenvalue weighted by Gasteiger charge is -2.20. The molecular formula is C21H28N4OS. The number of hydrogen-bond acceptors (Lipinski definition) is 4. The van der Waals surface area contributed by atoms with E-state index < -0.39 is 0 Å². The van der Waals surface area contributed by atoms with E-state index in [1.165, 1.54) is 5.56 Å². The second-order valence-corrected chi connectivity index (χ2v) is 8.30. The monoisotopic (exact) mass is 384 g/mol. The van der Waals surface area contributed by atoms with Crippen molar-refractivity contribution in [3.8, 4) is 0 Å². The largest absolute Gasteiger partial charge is 0.286 e. The molecule has 0 saturated heterocycles. The number of amides is 1. The van der Waals surface area contributed by atoms with Crippen molar-refractivity contribution in [1.29, 1.82) is 0 Å². The highest BCUT2D eigenvalue weighted by molar-refractivity contribution is 7.22. The maximum Gasteiger partial charge on any atom is 0.228 e. The number of anilines is 1. The average molecular weight is 385 g/mol. The van der Waals surface area contributed by atoms with Crippen molar-refractivity contribution in [3.05, 3.63) is 41.2 Å². The van der Waals surface area contributed by atoms with Crippen molar-refractivity contribution in [1.82, 2.24) is 14.8 Å². The molecule has 6 heteroatoms. The SMILES string of the molecule is CCCC(=O)N(CCn1nc(C)cc1C)c1nc2c(C(C)C)cccc2s1. The number of hydrogen-bond donors (Lipinski definition) is 0. The van der Waals surface area contributed by atoms with Crippen molar-refractivity contribution in [2.45, 2.75) is 59.9 Å². The Kier molecular flexibility index (Phi) is 5.95. The van der Waals surface area contributed by atoms with Gasteiger partial charge >= 0.3 is 0 Å². The summed E-state index contributed by atoms with van der Waals surface area (Å²) in [4.78, 5) is 19.5. The normalized spacial score (nSPS) is 11.5. The van der Waals surface area contributed by atoms with Gasteiger partial charge in [0.05, 0.1) is 22.5 Å². The molecule has 3 rings (SSSR count). The lowest BCUT2D eigenvalue weighted by Crippen LogP contribution is -2.34. The van der Waals surface area contributed by atoms with E-state index in [4.69, 9.17) is 4.98 Å². The zero-order valence-electron chi connectivity index (χ0n) is 16.8. The first-order chi connectivity index (χ1) is 12.9. The fourth-order valence-electron chi connectivity index (χ4n) is 3.31. The molecule has 0 bridgehead atoms. The van der Waals surface area contributed by atoms with Crippen LogP contribution in [-0.2, 0) is 11.3 Å². The van der Waals surface area contributed by atoms with Gasteiger partial charge in [-0.25, -0.2) is 4.98 Å². The van der Waals surface area contributed by atoms with E-state index in [1.807, 2.05) is 30.4 Å². The van der Waals surface area contributed by atoms with Crippen LogP contribution in [0.1, 0.15) is 56.5 Å². The fourth-order valence-corrected chi connectivity index (χ4v) is 4.36. The van der Waals surface area contributed by atoms with Gasteiger partial charge in [0.25, 0.3) is 0 Å². The minimum atomic E-state index is 0.129. The number of aromatic nitrogens is 3. The van der Waals surface area contributed by atoms with Crippen molar-refractivity contribution in [2.75, 3.05) is 11.4 Å². The van der Waals surface area contributed by atoms with Crippen LogP contribution in [0.25, 0.3) is 10.2 Å². The van der Waals surface area contributed by atoms with Crippen LogP contribution >= 0.6 is 11.3 Å². The van der Waals surface area contributed by atoms with Crippen LogP contribution in [0.4, 0.5) is 5.13 Å². The van der Waals surface area contributed by atoms with Crippen molar-refractivity contribution in [3.63, 3.8) is 0 Å². The topological polar surface area (TPSA) is 51.0 Å². The Balaban J connectivity index is 1.93. The molecular weight excluding hydrogens is 356 g/mol. The van der Waals surface area contributed by atoms with Crippen molar-refractivity contribution >= 4 is 32.6 Å². The van der Waals surface area contributed by atoms with E-state index in [-0.39, 0.29) is 5.91 Å². The van der Waals surface area contributed by atoms with Crippen LogP contribution in [0.3, 0.4) is 0 Å². The Hall–Kier alpha value is -2.21. The maximum atomic E-state index is 12.8. The molecule has 0 aliphatic carbocycles. The third kappa shape index (κ3) is 4.21. The molecule has 1 amide bonds. The minimum Gasteiger partial charge on any atom is -0.286 e. The molecule has 0 aliphatic rings. The predicted molar refractivity (Wildman–Crippen MR) is 113 cm³/mol. The summed E-state index contributed by atoms with van der Waals surface area (Å²) >= 11 is 1.60. The summed E-state index contributed by atoms with van der Waals surface area (Å²) in [6.07, 6.45) is 1.36. The number of thiazole rings is 1. The Bertz CT molecular complexity index is 941. The molecule has 5 nitrogen and oxygen atoms in total. The van der Waals surface area contributed by atoms with Crippen LogP contribution in [0.15, 0.2) is 24.3 Å². The van der Waals surface area contributed by atoms with Gasteiger partial charge in [-0.3, -0.25) is 14.4 Å². The van der Waals surface area contributed by atoms with E-state index in [9.17, 15) is 4.79 Å². The molecule has 0 spiro atoms. The number of carbonyl (C=O) groups is 1. The molecule has 27 heavy (non-hydrogen) atoms. The molecule has 1 aromatic carbocycles. The summed E-state index contributed by atoms with van der Waals surface area (Å²) in [6.45, 7) is 11.7. The van der Waals surface area contributed by atoms with Crippen molar-refractivity contribution in [2.24, 2.45) is 0 Å². The Morgan fingerprint density at radius 1 is 1.30 bits per heavy atom. The molecule has 0 saturated carbocycles. The second kappa shape index (κ2) is 8.21. The number of fused-ring (bicyclic) bond motifs is 1. The van der Waals surface area contributed by atoms with Crippen molar-refractivity contribution < 1.29 is 4.79 Å². The number of aryl methyl sites for hydroxylation is 2. The van der Waals surface area contributed by atoms with Crippen LogP contribution in [-0.4, -0.2) is 27.2 Å². The first kappa shape index (κ1) is 19.5. The molecule has 0 unspecified atom stereocenters. The molecule has 0 atom stereocenters. The fraction of sp³-hybridized carbons (Fsp3) is 0.476. The minimum absolute atomic E-state index is 0.129. The number of benzene rings is 1. The predicted octanol–water partition coefficient (Wildman–Crippen LogP) is 5.07. The van der Waals surface area contributed by atoms with Gasteiger partial charge in [0, 0.05) is 18.7 Å². The first-order valence-electron chi connectivity index (χ1n) is 9.61. The molecule has 0 radical (unpaired) electrons. The van der Waals surface area contributed by atoms with Gasteiger partial charge in [-0.05, 0) is 43.9 Å². The molecule has 2 heterocycles. The summed E-state index contributed by atoms with van der Waals surface area (Å²) in [5, 5.41) is 5.31. The van der Waals surface area contributed by atoms with Gasteiger partial charge in [0.15, 0.2) is 5.13 Å². The number of para-hydroxylation sites is 1. The highest BCUT2D eigenvalue weighted by Crippen LogP contribution is 2.33. The zero-order valence-corrected chi connectivity index (χ0v) is 17.6. The van der Waals surface area contributed by atoms with Crippen LogP contribution < -0.4 is 4.90 Å². The standard InChI is InChI=1S/C21H28N4OS/c1-6-8-19(26)24(11-12-25-16(5)13-15(4)23-25)21-22-20-17(14(2)3)9-7-10-18(20)27-21/h7,9-10,13-14H,6,8,11-12H2,1-5H3. The number of rotatable bonds is 7. The maximum absolute atomic E-state index is 12.8. The van der Waals surface area contributed by atoms with Gasteiger partial charge in [-0.1, -0.05) is 44.2 Å². The Morgan fingerprint density at radius 2 is 2.07 bits per heavy atom. The van der Waals surface area contributed by atoms with E-state index >= 15 is 0 Å². The van der Waals surface area contributed by atoms with E-state index in [0.29, 0.717) is 25.4 Å². The summed E-state index contributed by atoms with van der Waals surface area (Å²) < 4.78 is 3.10. The molecule has 3 aromatic rings. The smallest absolute Gasteiger partial charge is 0.228 e. The molecule has 0 fully saturated rings. The number of carbonyl (C=O) groups excluding carboxylic acids is 1. The van der Waals surface area contributed by atoms with Gasteiger partial charge in [-0.2, -0.15) is 5.10 Å². The van der Waals surface area contributed by atoms with Crippen LogP contribution in [0, 0.1) is 13.8 Å². The quantitative estimate of drug-likeness (QED) is 0.572. The molecule has 2 aromatic heterocycles. The summed E-state index contributed by atoms with van der Waals surface area (Å²) in [7, 11) is 0. The third-order valence-electron chi connectivity index (χ3n) is 4.70. The van der Waals surface area contributed by atoms with E-state index in [2.05, 4.69) is 43.2 Å². The third-order valence-corrected chi connectivity index (χ3v) is 5.74. The highest BCUT2D eigenvalue weighted by atomic mass is 32.1. The van der Waals surface area contributed by atoms with Gasteiger partial charge < -0.3 is 0 Å². The molecule has 0 aliphatic heterocycles. The summed E-state index contributed by atoms with van der Waals surface area (Å²) in [5.74, 6) is 0.530. The van der Waals surface area contributed by atoms with Gasteiger partial charge in [0.2, 0.25) is 5.91 Å². The lowest BCUT2D eigenvalue weighted by molar-refractivity contribution is -0.118. The van der Waals surface area contributed by atoms with E-state index in [1.54, 1.807) is 11.3 Å².